The van der Waals surface area contributed by atoms with E-state index >= 15 is 0 Å². The summed E-state index contributed by atoms with van der Waals surface area (Å²) in [6.45, 7) is 1.04. The van der Waals surface area contributed by atoms with Crippen molar-refractivity contribution in [2.75, 3.05) is 18.9 Å². The summed E-state index contributed by atoms with van der Waals surface area (Å²) in [6, 6.07) is 17.3. The number of carbonyl (C=O) groups excluding carboxylic acids is 1. The zero-order valence-corrected chi connectivity index (χ0v) is 15.4. The molecule has 0 aliphatic rings. The maximum absolute atomic E-state index is 12.2. The highest BCUT2D eigenvalue weighted by molar-refractivity contribution is 7.13. The Morgan fingerprint density at radius 2 is 1.88 bits per heavy atom. The third-order valence-corrected chi connectivity index (χ3v) is 4.94. The van der Waals surface area contributed by atoms with Crippen LogP contribution in [0, 0.1) is 0 Å². The normalized spacial score (nSPS) is 11.9. The average Bonchev–Trinajstić information content (AvgIpc) is 3.06. The molecule has 2 N–H and O–H groups in total. The van der Waals surface area contributed by atoms with Crippen molar-refractivity contribution in [1.29, 1.82) is 0 Å². The van der Waals surface area contributed by atoms with E-state index in [1.54, 1.807) is 23.5 Å². The molecule has 0 bridgehead atoms. The number of nitrogens with one attached hydrogen (secondary N) is 2. The Hall–Kier alpha value is -2.21. The van der Waals surface area contributed by atoms with Crippen LogP contribution in [0.25, 0.3) is 10.6 Å². The second kappa shape index (κ2) is 8.25. The standard InChI is InChI=1S/C19H18ClN3OS/c1-23(12-18(24)22-17-10-6-5-9-16(17)20)11-15-13-25-19(21-15)14-7-3-2-4-8-14/h2-10,13H,11-12H2,1H3,(H,22,24)/p+1. The summed E-state index contributed by atoms with van der Waals surface area (Å²) in [5, 5.41) is 6.45. The first kappa shape index (κ1) is 17.6. The number of carbonyl (C=O) groups is 1. The second-order valence-electron chi connectivity index (χ2n) is 5.85. The molecular weight excluding hydrogens is 354 g/mol. The number of halogens is 1. The van der Waals surface area contributed by atoms with Gasteiger partial charge in [-0.25, -0.2) is 4.98 Å². The van der Waals surface area contributed by atoms with Gasteiger partial charge in [0.15, 0.2) is 6.54 Å². The number of rotatable bonds is 6. The summed E-state index contributed by atoms with van der Waals surface area (Å²) in [4.78, 5) is 17.9. The van der Waals surface area contributed by atoms with E-state index in [9.17, 15) is 4.79 Å². The Morgan fingerprint density at radius 3 is 2.64 bits per heavy atom. The fraction of sp³-hybridized carbons (Fsp3) is 0.158. The fourth-order valence-electron chi connectivity index (χ4n) is 2.50. The second-order valence-corrected chi connectivity index (χ2v) is 7.11. The first-order chi connectivity index (χ1) is 12.1. The molecule has 1 heterocycles. The smallest absolute Gasteiger partial charge is 0.279 e. The highest BCUT2D eigenvalue weighted by atomic mass is 35.5. The summed E-state index contributed by atoms with van der Waals surface area (Å²) in [6.07, 6.45) is 0. The molecule has 4 nitrogen and oxygen atoms in total. The van der Waals surface area contributed by atoms with Crippen molar-refractivity contribution in [2.45, 2.75) is 6.54 Å². The van der Waals surface area contributed by atoms with Crippen LogP contribution in [0.5, 0.6) is 0 Å². The van der Waals surface area contributed by atoms with Gasteiger partial charge in [0.1, 0.15) is 17.2 Å². The molecule has 0 saturated carbocycles. The van der Waals surface area contributed by atoms with Crippen molar-refractivity contribution in [3.05, 3.63) is 70.7 Å². The number of anilines is 1. The molecule has 1 amide bonds. The monoisotopic (exact) mass is 372 g/mol. The minimum atomic E-state index is -0.0656. The van der Waals surface area contributed by atoms with E-state index in [-0.39, 0.29) is 5.91 Å². The Kier molecular flexibility index (Phi) is 5.81. The number of amides is 1. The molecule has 0 aliphatic carbocycles. The number of hydrogen-bond acceptors (Lipinski definition) is 3. The molecule has 0 saturated heterocycles. The van der Waals surface area contributed by atoms with E-state index in [2.05, 4.69) is 27.8 Å². The summed E-state index contributed by atoms with van der Waals surface area (Å²) >= 11 is 7.69. The van der Waals surface area contributed by atoms with Gasteiger partial charge in [0.25, 0.3) is 5.91 Å². The topological polar surface area (TPSA) is 46.4 Å². The molecule has 6 heteroatoms. The number of aromatic nitrogens is 1. The fourth-order valence-corrected chi connectivity index (χ4v) is 3.51. The molecule has 0 fully saturated rings. The van der Waals surface area contributed by atoms with Crippen molar-refractivity contribution in [3.63, 3.8) is 0 Å². The Labute approximate surface area is 156 Å². The molecule has 25 heavy (non-hydrogen) atoms. The molecule has 2 aromatic carbocycles. The van der Waals surface area contributed by atoms with Gasteiger partial charge in [-0.15, -0.1) is 11.3 Å². The van der Waals surface area contributed by atoms with E-state index in [0.717, 1.165) is 21.2 Å². The average molecular weight is 373 g/mol. The zero-order valence-electron chi connectivity index (χ0n) is 13.8. The Balaban J connectivity index is 1.56. The number of quaternary nitrogens is 1. The van der Waals surface area contributed by atoms with Gasteiger partial charge in [0.05, 0.1) is 17.8 Å². The van der Waals surface area contributed by atoms with Crippen molar-refractivity contribution >= 4 is 34.5 Å². The van der Waals surface area contributed by atoms with Gasteiger partial charge in [-0.1, -0.05) is 54.1 Å². The zero-order chi connectivity index (χ0) is 17.6. The van der Waals surface area contributed by atoms with Crippen LogP contribution in [-0.4, -0.2) is 24.5 Å². The third-order valence-electron chi connectivity index (χ3n) is 3.67. The van der Waals surface area contributed by atoms with Crippen molar-refractivity contribution in [1.82, 2.24) is 4.98 Å². The molecule has 128 valence electrons. The van der Waals surface area contributed by atoms with Crippen molar-refractivity contribution in [3.8, 4) is 10.6 Å². The van der Waals surface area contributed by atoms with Crippen LogP contribution in [0.1, 0.15) is 5.69 Å². The number of benzene rings is 2. The summed E-state index contributed by atoms with van der Waals surface area (Å²) < 4.78 is 0. The highest BCUT2D eigenvalue weighted by Gasteiger charge is 2.14. The van der Waals surface area contributed by atoms with E-state index in [4.69, 9.17) is 11.6 Å². The number of thiazole rings is 1. The third kappa shape index (κ3) is 4.89. The van der Waals surface area contributed by atoms with Crippen LogP contribution in [0.3, 0.4) is 0 Å². The maximum Gasteiger partial charge on any atom is 0.279 e. The Bertz CT molecular complexity index is 851. The van der Waals surface area contributed by atoms with E-state index in [1.165, 1.54) is 0 Å². The maximum atomic E-state index is 12.2. The molecule has 3 rings (SSSR count). The molecule has 1 unspecified atom stereocenters. The predicted molar refractivity (Wildman–Crippen MR) is 103 cm³/mol. The van der Waals surface area contributed by atoms with Crippen molar-refractivity contribution in [2.24, 2.45) is 0 Å². The van der Waals surface area contributed by atoms with Crippen LogP contribution in [0.4, 0.5) is 5.69 Å². The quantitative estimate of drug-likeness (QED) is 0.698. The van der Waals surface area contributed by atoms with Gasteiger partial charge < -0.3 is 10.2 Å². The lowest BCUT2D eigenvalue weighted by Gasteiger charge is -2.13. The molecule has 0 aliphatic heterocycles. The Morgan fingerprint density at radius 1 is 1.16 bits per heavy atom. The number of para-hydroxylation sites is 1. The lowest BCUT2D eigenvalue weighted by molar-refractivity contribution is -0.885. The van der Waals surface area contributed by atoms with Crippen molar-refractivity contribution < 1.29 is 9.69 Å². The minimum Gasteiger partial charge on any atom is -0.325 e. The predicted octanol–water partition coefficient (Wildman–Crippen LogP) is 3.12. The van der Waals surface area contributed by atoms with E-state index in [0.29, 0.717) is 23.8 Å². The van der Waals surface area contributed by atoms with Crippen LogP contribution in [-0.2, 0) is 11.3 Å². The highest BCUT2D eigenvalue weighted by Crippen LogP contribution is 2.23. The molecule has 1 aromatic heterocycles. The summed E-state index contributed by atoms with van der Waals surface area (Å²) in [7, 11) is 1.98. The molecule has 3 aromatic rings. The summed E-state index contributed by atoms with van der Waals surface area (Å²) in [5.74, 6) is -0.0656. The van der Waals surface area contributed by atoms with Gasteiger partial charge in [-0.3, -0.25) is 4.79 Å². The number of hydrogen-bond donors (Lipinski definition) is 2. The lowest BCUT2D eigenvalue weighted by atomic mass is 10.2. The molecule has 0 spiro atoms. The van der Waals surface area contributed by atoms with Gasteiger partial charge in [-0.2, -0.15) is 0 Å². The minimum absolute atomic E-state index is 0.0656. The van der Waals surface area contributed by atoms with E-state index < -0.39 is 0 Å². The van der Waals surface area contributed by atoms with Gasteiger partial charge in [0.2, 0.25) is 0 Å². The molecule has 0 radical (unpaired) electrons. The van der Waals surface area contributed by atoms with Crippen LogP contribution in [0.2, 0.25) is 5.02 Å². The number of nitrogens with zero attached hydrogens (tertiary/aromatic N) is 1. The molecular formula is C19H19ClN3OS+. The van der Waals surface area contributed by atoms with Crippen LogP contribution < -0.4 is 10.2 Å². The van der Waals surface area contributed by atoms with Crippen LogP contribution in [0.15, 0.2) is 60.0 Å². The summed E-state index contributed by atoms with van der Waals surface area (Å²) in [5.41, 5.74) is 2.75. The SMILES string of the molecule is C[NH+](CC(=O)Nc1ccccc1Cl)Cc1csc(-c2ccccc2)n1. The van der Waals surface area contributed by atoms with E-state index in [1.807, 2.05) is 37.4 Å². The van der Waals surface area contributed by atoms with Gasteiger partial charge in [-0.05, 0) is 12.1 Å². The first-order valence-corrected chi connectivity index (χ1v) is 9.23. The molecule has 1 atom stereocenters. The number of likely N-dealkylation sites (N-methyl/N-ethyl adjacent to an activating group) is 1. The van der Waals surface area contributed by atoms with Gasteiger partial charge in [0, 0.05) is 10.9 Å². The first-order valence-electron chi connectivity index (χ1n) is 7.97. The largest absolute Gasteiger partial charge is 0.325 e. The van der Waals surface area contributed by atoms with Crippen LogP contribution >= 0.6 is 22.9 Å². The van der Waals surface area contributed by atoms with Gasteiger partial charge >= 0.3 is 0 Å². The lowest BCUT2D eigenvalue weighted by Crippen LogP contribution is -3.08.